The van der Waals surface area contributed by atoms with Crippen molar-refractivity contribution < 1.29 is 22.4 Å². The van der Waals surface area contributed by atoms with Crippen LogP contribution in [0.1, 0.15) is 21.5 Å². The van der Waals surface area contributed by atoms with E-state index in [0.29, 0.717) is 16.5 Å². The summed E-state index contributed by atoms with van der Waals surface area (Å²) in [6, 6.07) is 7.85. The Hall–Kier alpha value is -3.20. The van der Waals surface area contributed by atoms with Gasteiger partial charge in [-0.3, -0.25) is 9.78 Å². The van der Waals surface area contributed by atoms with Crippen LogP contribution in [0.2, 0.25) is 0 Å². The van der Waals surface area contributed by atoms with E-state index in [-0.39, 0.29) is 5.56 Å². The molecule has 0 radical (unpaired) electrons. The molecule has 0 bridgehead atoms. The summed E-state index contributed by atoms with van der Waals surface area (Å²) in [6.45, 7) is -0.398. The molecule has 9 heteroatoms. The van der Waals surface area contributed by atoms with Gasteiger partial charge in [0.15, 0.2) is 0 Å². The second kappa shape index (κ2) is 7.00. The van der Waals surface area contributed by atoms with Crippen molar-refractivity contribution in [2.75, 3.05) is 0 Å². The fraction of sp³-hybridized carbons (Fsp3) is 0.100. The molecule has 0 fully saturated rings. The zero-order chi connectivity index (χ0) is 20.8. The van der Waals surface area contributed by atoms with Crippen LogP contribution in [0.5, 0.6) is 0 Å². The third kappa shape index (κ3) is 3.49. The molecule has 0 saturated carbocycles. The number of nitrogens with zero attached hydrogens (tertiary/aromatic N) is 2. The fourth-order valence-corrected chi connectivity index (χ4v) is 3.94. The molecule has 2 N–H and O–H groups in total. The molecule has 0 saturated heterocycles. The Morgan fingerprint density at radius 1 is 1.21 bits per heavy atom. The number of halogens is 4. The summed E-state index contributed by atoms with van der Waals surface area (Å²) >= 11 is 1.38. The average Bonchev–Trinajstić information content (AvgIpc) is 3.32. The lowest BCUT2D eigenvalue weighted by molar-refractivity contribution is -0.138. The minimum atomic E-state index is -4.70. The van der Waals surface area contributed by atoms with Gasteiger partial charge in [-0.2, -0.15) is 13.2 Å². The van der Waals surface area contributed by atoms with Gasteiger partial charge in [0.1, 0.15) is 5.82 Å². The van der Waals surface area contributed by atoms with E-state index in [1.54, 1.807) is 29.9 Å². The summed E-state index contributed by atoms with van der Waals surface area (Å²) in [5.74, 6) is -1.70. The number of benzene rings is 2. The zero-order valence-corrected chi connectivity index (χ0v) is 15.5. The van der Waals surface area contributed by atoms with Gasteiger partial charge >= 0.3 is 6.18 Å². The molecule has 29 heavy (non-hydrogen) atoms. The molecule has 0 spiro atoms. The molecule has 0 atom stereocenters. The van der Waals surface area contributed by atoms with E-state index >= 15 is 0 Å². The second-order valence-corrected chi connectivity index (χ2v) is 7.29. The minimum Gasteiger partial charge on any atom is -0.366 e. The number of nitrogens with two attached hydrogens (primary N) is 1. The van der Waals surface area contributed by atoms with Crippen molar-refractivity contribution in [1.82, 2.24) is 9.55 Å². The maximum absolute atomic E-state index is 14.3. The number of hydrogen-bond acceptors (Lipinski definition) is 3. The first kappa shape index (κ1) is 19.1. The summed E-state index contributed by atoms with van der Waals surface area (Å²) in [6.07, 6.45) is -1.55. The molecule has 4 rings (SSSR count). The molecule has 1 amide bonds. The number of fused-ring (bicyclic) bond motifs is 1. The van der Waals surface area contributed by atoms with Crippen molar-refractivity contribution in [3.8, 4) is 10.4 Å². The van der Waals surface area contributed by atoms with Crippen LogP contribution in [0.25, 0.3) is 21.3 Å². The number of carbonyl (C=O) groups is 1. The number of amides is 1. The number of rotatable bonds is 4. The Kier molecular flexibility index (Phi) is 4.62. The van der Waals surface area contributed by atoms with Gasteiger partial charge in [-0.1, -0.05) is 6.07 Å². The van der Waals surface area contributed by atoms with E-state index < -0.39 is 35.6 Å². The molecular formula is C20H13F4N3OS. The van der Waals surface area contributed by atoms with E-state index in [4.69, 9.17) is 5.73 Å². The smallest absolute Gasteiger partial charge is 0.366 e. The van der Waals surface area contributed by atoms with Crippen molar-refractivity contribution in [2.24, 2.45) is 5.73 Å². The topological polar surface area (TPSA) is 60.9 Å². The van der Waals surface area contributed by atoms with Crippen molar-refractivity contribution in [3.63, 3.8) is 0 Å². The Morgan fingerprint density at radius 2 is 2.00 bits per heavy atom. The van der Waals surface area contributed by atoms with Crippen LogP contribution >= 0.6 is 11.3 Å². The van der Waals surface area contributed by atoms with Crippen molar-refractivity contribution >= 4 is 28.1 Å². The van der Waals surface area contributed by atoms with Crippen LogP contribution in [0.3, 0.4) is 0 Å². The Labute approximate surface area is 166 Å². The monoisotopic (exact) mass is 419 g/mol. The summed E-state index contributed by atoms with van der Waals surface area (Å²) in [5.41, 5.74) is 6.83. The minimum absolute atomic E-state index is 0.140. The quantitative estimate of drug-likeness (QED) is 0.470. The molecular weight excluding hydrogens is 406 g/mol. The number of alkyl halides is 3. The van der Waals surface area contributed by atoms with E-state index in [9.17, 15) is 22.4 Å². The lowest BCUT2D eigenvalue weighted by atomic mass is 10.0. The number of aromatic nitrogens is 2. The highest BCUT2D eigenvalue weighted by atomic mass is 32.1. The fourth-order valence-electron chi connectivity index (χ4n) is 3.32. The van der Waals surface area contributed by atoms with Crippen LogP contribution in [0, 0.1) is 5.82 Å². The Balaban J connectivity index is 1.88. The lowest BCUT2D eigenvalue weighted by Crippen LogP contribution is -2.16. The summed E-state index contributed by atoms with van der Waals surface area (Å²) in [4.78, 5) is 16.9. The van der Waals surface area contributed by atoms with Gasteiger partial charge in [0.05, 0.1) is 33.6 Å². The van der Waals surface area contributed by atoms with E-state index in [1.807, 2.05) is 0 Å². The van der Waals surface area contributed by atoms with Crippen LogP contribution < -0.4 is 5.73 Å². The lowest BCUT2D eigenvalue weighted by Gasteiger charge is -2.16. The predicted molar refractivity (Wildman–Crippen MR) is 102 cm³/mol. The van der Waals surface area contributed by atoms with Crippen molar-refractivity contribution in [2.45, 2.75) is 12.7 Å². The number of thiazole rings is 1. The van der Waals surface area contributed by atoms with E-state index in [0.717, 1.165) is 23.1 Å². The van der Waals surface area contributed by atoms with Crippen molar-refractivity contribution in [3.05, 3.63) is 76.8 Å². The standard InChI is InChI=1S/C20H13F4N3OS/c21-16-3-1-2-15(20(22,23)24)14(16)9-27-5-4-11-6-12(17-8-26-10-29-17)7-13(18(11)27)19(25)28/h1-8,10H,9H2,(H2,25,28). The second-order valence-electron chi connectivity index (χ2n) is 6.40. The van der Waals surface area contributed by atoms with Gasteiger partial charge in [-0.15, -0.1) is 11.3 Å². The first-order valence-electron chi connectivity index (χ1n) is 8.42. The Morgan fingerprint density at radius 3 is 2.66 bits per heavy atom. The number of carbonyl (C=O) groups excluding carboxylic acids is 1. The van der Waals surface area contributed by atoms with Gasteiger partial charge in [0.25, 0.3) is 5.91 Å². The highest BCUT2D eigenvalue weighted by Crippen LogP contribution is 2.35. The van der Waals surface area contributed by atoms with Gasteiger partial charge in [-0.05, 0) is 35.9 Å². The molecule has 2 aromatic carbocycles. The SMILES string of the molecule is NC(=O)c1cc(-c2cncs2)cc2ccn(Cc3c(F)cccc3C(F)(F)F)c12. The molecule has 4 nitrogen and oxygen atoms in total. The third-order valence-corrected chi connectivity index (χ3v) is 5.42. The molecule has 0 aliphatic carbocycles. The maximum Gasteiger partial charge on any atom is 0.416 e. The predicted octanol–water partition coefficient (Wildman–Crippen LogP) is 5.07. The van der Waals surface area contributed by atoms with Gasteiger partial charge in [0, 0.05) is 23.3 Å². The Bertz CT molecular complexity index is 1210. The molecule has 2 heterocycles. The summed E-state index contributed by atoms with van der Waals surface area (Å²) in [5, 5.41) is 0.606. The van der Waals surface area contributed by atoms with Crippen LogP contribution in [0.15, 0.2) is 54.3 Å². The number of primary amides is 1. The number of hydrogen-bond donors (Lipinski definition) is 1. The molecule has 148 valence electrons. The van der Waals surface area contributed by atoms with Crippen LogP contribution in [0.4, 0.5) is 17.6 Å². The third-order valence-electron chi connectivity index (χ3n) is 4.60. The van der Waals surface area contributed by atoms with Crippen LogP contribution in [-0.2, 0) is 12.7 Å². The maximum atomic E-state index is 14.3. The van der Waals surface area contributed by atoms with E-state index in [2.05, 4.69) is 4.98 Å². The van der Waals surface area contributed by atoms with E-state index in [1.165, 1.54) is 22.1 Å². The molecule has 4 aromatic rings. The van der Waals surface area contributed by atoms with Crippen molar-refractivity contribution in [1.29, 1.82) is 0 Å². The first-order chi connectivity index (χ1) is 13.8. The summed E-state index contributed by atoms with van der Waals surface area (Å²) < 4.78 is 55.7. The van der Waals surface area contributed by atoms with Gasteiger partial charge in [0.2, 0.25) is 0 Å². The molecule has 0 aliphatic heterocycles. The molecule has 2 aromatic heterocycles. The summed E-state index contributed by atoms with van der Waals surface area (Å²) in [7, 11) is 0. The highest BCUT2D eigenvalue weighted by molar-refractivity contribution is 7.13. The highest BCUT2D eigenvalue weighted by Gasteiger charge is 2.34. The average molecular weight is 419 g/mol. The molecule has 0 unspecified atom stereocenters. The first-order valence-corrected chi connectivity index (χ1v) is 9.30. The normalized spacial score (nSPS) is 11.9. The van der Waals surface area contributed by atoms with Gasteiger partial charge in [-0.25, -0.2) is 4.39 Å². The van der Waals surface area contributed by atoms with Crippen LogP contribution in [-0.4, -0.2) is 15.5 Å². The largest absolute Gasteiger partial charge is 0.416 e. The van der Waals surface area contributed by atoms with Gasteiger partial charge < -0.3 is 10.3 Å². The zero-order valence-electron chi connectivity index (χ0n) is 14.7. The molecule has 0 aliphatic rings.